The number of nitrogens with zero attached hydrogens (tertiary/aromatic N) is 1. The van der Waals surface area contributed by atoms with Gasteiger partial charge in [0.1, 0.15) is 6.10 Å². The molecule has 1 aromatic rings. The summed E-state index contributed by atoms with van der Waals surface area (Å²) >= 11 is 0. The van der Waals surface area contributed by atoms with Crippen LogP contribution in [0.25, 0.3) is 0 Å². The Kier molecular flexibility index (Phi) is 7.41. The van der Waals surface area contributed by atoms with Crippen molar-refractivity contribution < 1.29 is 14.5 Å². The summed E-state index contributed by atoms with van der Waals surface area (Å²) in [4.78, 5) is 24.4. The smallest absolute Gasteiger partial charge is 0.337 e. The Morgan fingerprint density at radius 1 is 1.17 bits per heavy atom. The van der Waals surface area contributed by atoms with Crippen LogP contribution in [-0.2, 0) is 14.5 Å². The van der Waals surface area contributed by atoms with Crippen molar-refractivity contribution in [3.05, 3.63) is 47.2 Å². The molecule has 0 fully saturated rings. The minimum Gasteiger partial charge on any atom is -0.343 e. The second-order valence-corrected chi connectivity index (χ2v) is 9.95. The largest absolute Gasteiger partial charge is 0.343 e. The number of hydrogen-bond acceptors (Lipinski definition) is 5. The average molecular weight is 417 g/mol. The summed E-state index contributed by atoms with van der Waals surface area (Å²) in [6.45, 7) is 18.5. The molecule has 5 nitrogen and oxygen atoms in total. The van der Waals surface area contributed by atoms with Gasteiger partial charge in [-0.25, -0.2) is 10.3 Å². The maximum absolute atomic E-state index is 12.3. The molecule has 1 heterocycles. The molecule has 0 amide bonds. The van der Waals surface area contributed by atoms with E-state index < -0.39 is 5.41 Å². The summed E-state index contributed by atoms with van der Waals surface area (Å²) in [6, 6.07) is 10.3. The van der Waals surface area contributed by atoms with Gasteiger partial charge in [-0.2, -0.15) is 5.06 Å². The number of carbonyl (C=O) groups is 1. The van der Waals surface area contributed by atoms with E-state index in [2.05, 4.69) is 64.2 Å². The molecule has 1 N–H and O–H groups in total. The van der Waals surface area contributed by atoms with Gasteiger partial charge >= 0.3 is 5.97 Å². The van der Waals surface area contributed by atoms with Gasteiger partial charge in [0, 0.05) is 12.0 Å². The molecule has 0 saturated carbocycles. The summed E-state index contributed by atoms with van der Waals surface area (Å²) in [7, 11) is 0. The molecule has 0 aliphatic carbocycles. The maximum Gasteiger partial charge on any atom is 0.337 e. The minimum atomic E-state index is -0.557. The fraction of sp³-hybridized carbons (Fsp3) is 0.640. The molecule has 168 valence electrons. The molecule has 3 atom stereocenters. The van der Waals surface area contributed by atoms with Crippen LogP contribution < -0.4 is 5.48 Å². The molecule has 1 aliphatic heterocycles. The third-order valence-corrected chi connectivity index (χ3v) is 6.62. The molecule has 1 aliphatic rings. The Hall–Kier alpha value is -1.85. The summed E-state index contributed by atoms with van der Waals surface area (Å²) in [6.07, 6.45) is 2.41. The van der Waals surface area contributed by atoms with Crippen LogP contribution in [0.4, 0.5) is 0 Å². The van der Waals surface area contributed by atoms with Crippen molar-refractivity contribution in [1.29, 1.82) is 0 Å². The lowest BCUT2D eigenvalue weighted by molar-refractivity contribution is -0.296. The Bertz CT molecular complexity index is 768. The van der Waals surface area contributed by atoms with Crippen LogP contribution >= 0.6 is 0 Å². The number of hydrogen-bond donors (Lipinski definition) is 1. The Labute approximate surface area is 182 Å². The molecular weight excluding hydrogens is 376 g/mol. The molecule has 5 heteroatoms. The second kappa shape index (κ2) is 9.11. The highest BCUT2D eigenvalue weighted by molar-refractivity contribution is 5.75. The van der Waals surface area contributed by atoms with E-state index in [-0.39, 0.29) is 23.2 Å². The van der Waals surface area contributed by atoms with Crippen molar-refractivity contribution in [2.75, 3.05) is 0 Å². The fourth-order valence-corrected chi connectivity index (χ4v) is 3.90. The van der Waals surface area contributed by atoms with Gasteiger partial charge in [0.25, 0.3) is 0 Å². The zero-order valence-corrected chi connectivity index (χ0v) is 20.3. The lowest BCUT2D eigenvalue weighted by Crippen LogP contribution is -2.62. The molecule has 3 unspecified atom stereocenters. The van der Waals surface area contributed by atoms with Gasteiger partial charge in [-0.15, -0.1) is 0 Å². The second-order valence-electron chi connectivity index (χ2n) is 9.95. The van der Waals surface area contributed by atoms with Crippen LogP contribution in [-0.4, -0.2) is 22.1 Å². The number of nitrogens with one attached hydrogen (secondary N) is 1. The van der Waals surface area contributed by atoms with E-state index in [0.29, 0.717) is 6.42 Å². The molecule has 0 radical (unpaired) electrons. The van der Waals surface area contributed by atoms with E-state index in [4.69, 9.17) is 9.68 Å². The average Bonchev–Trinajstić information content (AvgIpc) is 2.72. The van der Waals surface area contributed by atoms with Crippen molar-refractivity contribution >= 4 is 5.97 Å². The van der Waals surface area contributed by atoms with E-state index in [1.54, 1.807) is 0 Å². The molecule has 2 rings (SSSR count). The van der Waals surface area contributed by atoms with E-state index in [9.17, 15) is 4.79 Å². The third kappa shape index (κ3) is 4.89. The van der Waals surface area contributed by atoms with E-state index in [1.165, 1.54) is 0 Å². The lowest BCUT2D eigenvalue weighted by Gasteiger charge is -2.55. The van der Waals surface area contributed by atoms with Gasteiger partial charge in [-0.05, 0) is 72.4 Å². The minimum absolute atomic E-state index is 0.0658. The van der Waals surface area contributed by atoms with E-state index >= 15 is 0 Å². The topological polar surface area (TPSA) is 50.8 Å². The summed E-state index contributed by atoms with van der Waals surface area (Å²) in [5, 5.41) is 2.20. The predicted octanol–water partition coefficient (Wildman–Crippen LogP) is 6.09. The van der Waals surface area contributed by atoms with Gasteiger partial charge in [0.15, 0.2) is 0 Å². The quantitative estimate of drug-likeness (QED) is 0.545. The zero-order valence-electron chi connectivity index (χ0n) is 20.3. The molecule has 1 aromatic carbocycles. The highest BCUT2D eigenvalue weighted by Crippen LogP contribution is 2.46. The fourth-order valence-electron chi connectivity index (χ4n) is 3.90. The standard InChI is InChI=1S/C25H40N2O3/c1-10-24(8)17-21(26-29-22(28)23(5,6)7)18(3)25(9,11-2)27(24)30-19(4)20-15-13-12-14-16-20/h12-16,19,26H,10-11,17H2,1-9H3. The van der Waals surface area contributed by atoms with E-state index in [1.807, 2.05) is 39.0 Å². The predicted molar refractivity (Wildman–Crippen MR) is 121 cm³/mol. The molecular formula is C25H40N2O3. The monoisotopic (exact) mass is 416 g/mol. The highest BCUT2D eigenvalue weighted by atomic mass is 16.7. The van der Waals surface area contributed by atoms with Crippen LogP contribution in [0.1, 0.15) is 93.2 Å². The lowest BCUT2D eigenvalue weighted by atomic mass is 9.76. The Morgan fingerprint density at radius 3 is 2.27 bits per heavy atom. The van der Waals surface area contributed by atoms with Crippen molar-refractivity contribution in [3.63, 3.8) is 0 Å². The van der Waals surface area contributed by atoms with Gasteiger partial charge in [-0.1, -0.05) is 44.2 Å². The Morgan fingerprint density at radius 2 is 1.77 bits per heavy atom. The first-order chi connectivity index (χ1) is 13.9. The molecule has 30 heavy (non-hydrogen) atoms. The first-order valence-corrected chi connectivity index (χ1v) is 11.1. The molecule has 0 saturated heterocycles. The van der Waals surface area contributed by atoms with Crippen LogP contribution in [0.2, 0.25) is 0 Å². The van der Waals surface area contributed by atoms with Gasteiger partial charge < -0.3 is 4.84 Å². The number of benzene rings is 1. The van der Waals surface area contributed by atoms with Crippen molar-refractivity contribution in [2.24, 2.45) is 5.41 Å². The van der Waals surface area contributed by atoms with Crippen LogP contribution in [0.5, 0.6) is 0 Å². The summed E-state index contributed by atoms with van der Waals surface area (Å²) in [5.74, 6) is -0.268. The third-order valence-electron chi connectivity index (χ3n) is 6.62. The van der Waals surface area contributed by atoms with Crippen LogP contribution in [0.3, 0.4) is 0 Å². The first kappa shape index (κ1) is 24.4. The van der Waals surface area contributed by atoms with Crippen LogP contribution in [0.15, 0.2) is 41.6 Å². The first-order valence-electron chi connectivity index (χ1n) is 11.1. The van der Waals surface area contributed by atoms with Gasteiger partial charge in [-0.3, -0.25) is 4.84 Å². The van der Waals surface area contributed by atoms with Crippen molar-refractivity contribution in [1.82, 2.24) is 10.5 Å². The summed E-state index contributed by atoms with van der Waals surface area (Å²) < 4.78 is 0. The summed E-state index contributed by atoms with van der Waals surface area (Å²) in [5.41, 5.74) is 5.13. The molecule has 0 bridgehead atoms. The normalized spacial score (nSPS) is 26.4. The number of rotatable bonds is 7. The molecule has 0 aromatic heterocycles. The van der Waals surface area contributed by atoms with Gasteiger partial charge in [0.2, 0.25) is 0 Å². The Balaban J connectivity index is 2.36. The highest BCUT2D eigenvalue weighted by Gasteiger charge is 2.50. The number of carbonyl (C=O) groups excluding carboxylic acids is 1. The number of hydroxylamine groups is 3. The molecule has 0 spiro atoms. The zero-order chi connectivity index (χ0) is 22.7. The van der Waals surface area contributed by atoms with Crippen LogP contribution in [0, 0.1) is 5.41 Å². The van der Waals surface area contributed by atoms with Crippen molar-refractivity contribution in [2.45, 2.75) is 98.8 Å². The SMILES string of the molecule is CCC1(C)CC(NOC(=O)C(C)(C)C)=C(C)C(C)(CC)N1OC(C)c1ccccc1. The van der Waals surface area contributed by atoms with E-state index in [0.717, 1.165) is 29.7 Å². The van der Waals surface area contributed by atoms with Gasteiger partial charge in [0.05, 0.1) is 16.7 Å². The van der Waals surface area contributed by atoms with Crippen molar-refractivity contribution in [3.8, 4) is 0 Å². The maximum atomic E-state index is 12.3.